The Morgan fingerprint density at radius 2 is 1.56 bits per heavy atom. The third-order valence-electron chi connectivity index (χ3n) is 6.77. The van der Waals surface area contributed by atoms with Gasteiger partial charge in [-0.3, -0.25) is 0 Å². The Balaban J connectivity index is 1.35. The summed E-state index contributed by atoms with van der Waals surface area (Å²) < 4.78 is 24.5. The van der Waals surface area contributed by atoms with Crippen molar-refractivity contribution in [2.24, 2.45) is 0 Å². The van der Waals surface area contributed by atoms with Crippen LogP contribution in [0.2, 0.25) is 0 Å². The minimum atomic E-state index is -1.06. The molecule has 0 aliphatic carbocycles. The van der Waals surface area contributed by atoms with Crippen LogP contribution in [0.1, 0.15) is 90.5 Å². The second-order valence-electron chi connectivity index (χ2n) is 10.4. The molecule has 2 saturated heterocycles. The predicted octanol–water partition coefficient (Wildman–Crippen LogP) is 5.32. The molecule has 2 heterocycles. The van der Waals surface area contributed by atoms with Crippen molar-refractivity contribution in [3.05, 3.63) is 35.9 Å². The zero-order chi connectivity index (χ0) is 24.3. The summed E-state index contributed by atoms with van der Waals surface area (Å²) in [4.78, 5) is 0. The molecule has 1 aromatic rings. The van der Waals surface area contributed by atoms with E-state index in [9.17, 15) is 5.11 Å². The fraction of sp³-hybridized carbons (Fsp3) is 0.786. The summed E-state index contributed by atoms with van der Waals surface area (Å²) in [6, 6.07) is 10.2. The molecule has 0 spiro atoms. The van der Waals surface area contributed by atoms with Crippen LogP contribution in [0, 0.1) is 0 Å². The summed E-state index contributed by atoms with van der Waals surface area (Å²) in [5.74, 6) is -1.87. The molecule has 2 fully saturated rings. The third kappa shape index (κ3) is 8.28. The van der Waals surface area contributed by atoms with Gasteiger partial charge in [-0.2, -0.15) is 0 Å². The van der Waals surface area contributed by atoms with Crippen LogP contribution in [0.4, 0.5) is 0 Å². The fourth-order valence-electron chi connectivity index (χ4n) is 5.00. The molecule has 34 heavy (non-hydrogen) atoms. The molecule has 2 aliphatic rings. The highest BCUT2D eigenvalue weighted by molar-refractivity contribution is 5.14. The molecule has 0 radical (unpaired) electrons. The molecule has 3 rings (SSSR count). The van der Waals surface area contributed by atoms with Crippen LogP contribution in [-0.4, -0.2) is 54.8 Å². The molecule has 0 unspecified atom stereocenters. The van der Waals surface area contributed by atoms with E-state index < -0.39 is 29.9 Å². The van der Waals surface area contributed by atoms with Gasteiger partial charge in [0.25, 0.3) is 0 Å². The summed E-state index contributed by atoms with van der Waals surface area (Å²) in [7, 11) is 0. The van der Waals surface area contributed by atoms with Crippen molar-refractivity contribution >= 4 is 0 Å². The lowest BCUT2D eigenvalue weighted by Gasteiger charge is -2.28. The number of unbranched alkanes of at least 4 members (excludes halogenated alkanes) is 9. The normalized spacial score (nSPS) is 27.8. The van der Waals surface area contributed by atoms with E-state index in [2.05, 4.69) is 24.4 Å². The number of aliphatic hydroxyl groups excluding tert-OH is 1. The van der Waals surface area contributed by atoms with Gasteiger partial charge in [-0.25, -0.2) is 0 Å². The van der Waals surface area contributed by atoms with Crippen LogP contribution in [0.15, 0.2) is 30.3 Å². The van der Waals surface area contributed by atoms with Gasteiger partial charge >= 0.3 is 0 Å². The smallest absolute Gasteiger partial charge is 0.224 e. The van der Waals surface area contributed by atoms with Gasteiger partial charge in [0.15, 0.2) is 5.79 Å². The number of fused-ring (bicyclic) bond motifs is 1. The molecule has 1 aromatic carbocycles. The zero-order valence-corrected chi connectivity index (χ0v) is 21.6. The Morgan fingerprint density at radius 1 is 0.912 bits per heavy atom. The van der Waals surface area contributed by atoms with Gasteiger partial charge in [0.05, 0.1) is 0 Å². The molecule has 2 aliphatic heterocycles. The number of hydrogen-bond donors (Lipinski definition) is 2. The van der Waals surface area contributed by atoms with E-state index in [1.54, 1.807) is 0 Å². The average molecular weight is 478 g/mol. The van der Waals surface area contributed by atoms with Gasteiger partial charge in [-0.1, -0.05) is 95.0 Å². The highest BCUT2D eigenvalue weighted by atomic mass is 16.9. The first-order valence-electron chi connectivity index (χ1n) is 13.5. The molecular weight excluding hydrogens is 430 g/mol. The van der Waals surface area contributed by atoms with Gasteiger partial charge in [0, 0.05) is 19.7 Å². The van der Waals surface area contributed by atoms with Gasteiger partial charge in [-0.05, 0) is 25.8 Å². The van der Waals surface area contributed by atoms with Gasteiger partial charge in [0.2, 0.25) is 5.79 Å². The Labute approximate surface area is 206 Å². The highest BCUT2D eigenvalue weighted by Crippen LogP contribution is 2.45. The summed E-state index contributed by atoms with van der Waals surface area (Å²) in [5, 5.41) is 14.3. The Morgan fingerprint density at radius 3 is 2.24 bits per heavy atom. The summed E-state index contributed by atoms with van der Waals surface area (Å²) in [5.41, 5.74) is 1.19. The van der Waals surface area contributed by atoms with Crippen LogP contribution < -0.4 is 5.32 Å². The molecular formula is C28H47NO5. The quantitative estimate of drug-likeness (QED) is 0.296. The predicted molar refractivity (Wildman–Crippen MR) is 134 cm³/mol. The van der Waals surface area contributed by atoms with Gasteiger partial charge in [0.1, 0.15) is 24.9 Å². The van der Waals surface area contributed by atoms with E-state index in [4.69, 9.17) is 18.9 Å². The van der Waals surface area contributed by atoms with Crippen molar-refractivity contribution in [2.75, 3.05) is 19.8 Å². The van der Waals surface area contributed by atoms with E-state index in [1.807, 2.05) is 32.0 Å². The van der Waals surface area contributed by atoms with E-state index in [0.717, 1.165) is 6.42 Å². The fourth-order valence-corrected chi connectivity index (χ4v) is 5.00. The van der Waals surface area contributed by atoms with Crippen LogP contribution >= 0.6 is 0 Å². The van der Waals surface area contributed by atoms with E-state index in [-0.39, 0.29) is 6.61 Å². The van der Waals surface area contributed by atoms with Crippen molar-refractivity contribution in [1.29, 1.82) is 0 Å². The minimum absolute atomic E-state index is 0.269. The van der Waals surface area contributed by atoms with Crippen LogP contribution in [0.3, 0.4) is 0 Å². The summed E-state index contributed by atoms with van der Waals surface area (Å²) in [6.45, 7) is 8.14. The largest absolute Gasteiger partial charge is 0.387 e. The number of benzene rings is 1. The molecule has 6 nitrogen and oxygen atoms in total. The average Bonchev–Trinajstić information content (AvgIpc) is 3.22. The number of ether oxygens (including phenoxy) is 4. The van der Waals surface area contributed by atoms with Crippen LogP contribution in [0.5, 0.6) is 0 Å². The molecule has 0 aromatic heterocycles. The van der Waals surface area contributed by atoms with Crippen LogP contribution in [-0.2, 0) is 25.5 Å². The first-order valence-corrected chi connectivity index (χ1v) is 13.5. The number of aliphatic hydroxyl groups is 1. The van der Waals surface area contributed by atoms with Gasteiger partial charge < -0.3 is 29.4 Å². The molecule has 0 bridgehead atoms. The summed E-state index contributed by atoms with van der Waals surface area (Å²) >= 11 is 0. The number of nitrogens with one attached hydrogen (secondary N) is 1. The number of rotatable bonds is 17. The molecule has 4 atom stereocenters. The minimum Gasteiger partial charge on any atom is -0.387 e. The maximum Gasteiger partial charge on any atom is 0.224 e. The second kappa shape index (κ2) is 13.9. The third-order valence-corrected chi connectivity index (χ3v) is 6.77. The van der Waals surface area contributed by atoms with Gasteiger partial charge in [-0.15, -0.1) is 0 Å². The van der Waals surface area contributed by atoms with Crippen molar-refractivity contribution in [3.8, 4) is 0 Å². The molecule has 0 amide bonds. The lowest BCUT2D eigenvalue weighted by molar-refractivity contribution is -0.277. The summed E-state index contributed by atoms with van der Waals surface area (Å²) in [6.07, 6.45) is 11.2. The monoisotopic (exact) mass is 477 g/mol. The van der Waals surface area contributed by atoms with E-state index >= 15 is 0 Å². The van der Waals surface area contributed by atoms with Crippen molar-refractivity contribution in [3.63, 3.8) is 0 Å². The topological polar surface area (TPSA) is 69.2 Å². The van der Waals surface area contributed by atoms with Crippen molar-refractivity contribution < 1.29 is 24.1 Å². The zero-order valence-electron chi connectivity index (χ0n) is 21.6. The second-order valence-corrected chi connectivity index (χ2v) is 10.4. The van der Waals surface area contributed by atoms with E-state index in [1.165, 1.54) is 63.4 Å². The molecule has 2 N–H and O–H groups in total. The van der Waals surface area contributed by atoms with Crippen molar-refractivity contribution in [1.82, 2.24) is 5.32 Å². The van der Waals surface area contributed by atoms with E-state index in [0.29, 0.717) is 19.7 Å². The standard InChI is InChI=1S/C28H47NO5/c1-4-5-6-7-8-9-10-11-12-16-19-31-22-28-26(33-27(2,3)34-28)25(30)24(32-28)21-29-20-23-17-14-13-15-18-23/h13-15,17-18,24-26,29-30H,4-12,16,19-22H2,1-3H3/t24-,25+,26-,28-/m0/s1. The Hall–Kier alpha value is -1.02. The SMILES string of the molecule is CCCCCCCCCCCCOC[C@@]12O[C@@H](CNCc3ccccc3)[C@@H](O)[C@@H]1OC(C)(C)O2. The molecule has 0 saturated carbocycles. The Kier molecular flexibility index (Phi) is 11.3. The lowest BCUT2D eigenvalue weighted by atomic mass is 10.1. The molecule has 194 valence electrons. The first-order chi connectivity index (χ1) is 16.5. The highest BCUT2D eigenvalue weighted by Gasteiger charge is 2.64. The maximum atomic E-state index is 10.9. The number of hydrogen-bond acceptors (Lipinski definition) is 6. The van der Waals surface area contributed by atoms with Crippen molar-refractivity contribution in [2.45, 2.75) is 121 Å². The van der Waals surface area contributed by atoms with Crippen LogP contribution in [0.25, 0.3) is 0 Å². The maximum absolute atomic E-state index is 10.9. The first kappa shape index (κ1) is 27.6. The molecule has 6 heteroatoms. The Bertz CT molecular complexity index is 685. The lowest BCUT2D eigenvalue weighted by Crippen LogP contribution is -2.45.